The van der Waals surface area contributed by atoms with Crippen molar-refractivity contribution < 1.29 is 17.6 Å². The minimum atomic E-state index is -3.83. The minimum Gasteiger partial charge on any atom is -0.321 e. The Morgan fingerprint density at radius 2 is 1.97 bits per heavy atom. The van der Waals surface area contributed by atoms with E-state index in [4.69, 9.17) is 11.6 Å². The van der Waals surface area contributed by atoms with E-state index >= 15 is 0 Å². The number of anilines is 2. The number of halogens is 2. The molecule has 4 aromatic rings. The summed E-state index contributed by atoms with van der Waals surface area (Å²) >= 11 is 5.78. The molecule has 1 saturated carbocycles. The van der Waals surface area contributed by atoms with Gasteiger partial charge in [-0.05, 0) is 55.2 Å². The molecule has 176 valence electrons. The third-order valence-corrected chi connectivity index (χ3v) is 7.17. The van der Waals surface area contributed by atoms with E-state index in [9.17, 15) is 17.6 Å². The second kappa shape index (κ2) is 8.41. The number of hydrogen-bond donors (Lipinski definition) is 2. The van der Waals surface area contributed by atoms with Gasteiger partial charge in [0.1, 0.15) is 16.4 Å². The van der Waals surface area contributed by atoms with Crippen LogP contribution in [0.25, 0.3) is 10.9 Å². The van der Waals surface area contributed by atoms with Crippen LogP contribution in [0.3, 0.4) is 0 Å². The molecule has 0 unspecified atom stereocenters. The molecule has 2 heterocycles. The number of carbonyl (C=O) groups excluding carboxylic acids is 1. The van der Waals surface area contributed by atoms with Crippen LogP contribution < -0.4 is 10.0 Å². The van der Waals surface area contributed by atoms with E-state index in [0.29, 0.717) is 34.7 Å². The molecular formula is C22H20ClFN6O3S. The summed E-state index contributed by atoms with van der Waals surface area (Å²) < 4.78 is 44.6. The molecule has 2 N–H and O–H groups in total. The SMILES string of the molecule is Cn1nc2cc(NS(=O)(=O)c3cnn(CC4CC4)c3)ccc2c1C(=O)Nc1ccc(F)c(Cl)c1. The maximum Gasteiger partial charge on any atom is 0.274 e. The zero-order chi connectivity index (χ0) is 24.0. The summed E-state index contributed by atoms with van der Waals surface area (Å²) in [7, 11) is -2.23. The summed E-state index contributed by atoms with van der Waals surface area (Å²) in [5, 5.41) is 11.6. The van der Waals surface area contributed by atoms with Crippen molar-refractivity contribution in [2.24, 2.45) is 13.0 Å². The van der Waals surface area contributed by atoms with Crippen molar-refractivity contribution in [1.82, 2.24) is 19.6 Å². The molecular weight excluding hydrogens is 483 g/mol. The summed E-state index contributed by atoms with van der Waals surface area (Å²) in [4.78, 5) is 12.9. The third-order valence-electron chi connectivity index (χ3n) is 5.54. The van der Waals surface area contributed by atoms with E-state index < -0.39 is 21.7 Å². The topological polar surface area (TPSA) is 111 Å². The van der Waals surface area contributed by atoms with Crippen molar-refractivity contribution in [3.05, 3.63) is 65.3 Å². The van der Waals surface area contributed by atoms with Gasteiger partial charge in [0, 0.05) is 30.9 Å². The van der Waals surface area contributed by atoms with Crippen molar-refractivity contribution in [3.63, 3.8) is 0 Å². The zero-order valence-corrected chi connectivity index (χ0v) is 19.6. The highest BCUT2D eigenvalue weighted by Crippen LogP contribution is 2.31. The quantitative estimate of drug-likeness (QED) is 0.396. The Morgan fingerprint density at radius 1 is 1.21 bits per heavy atom. The molecule has 2 aromatic carbocycles. The molecule has 12 heteroatoms. The van der Waals surface area contributed by atoms with Crippen LogP contribution in [0.4, 0.5) is 15.8 Å². The number of aromatic nitrogens is 4. The maximum atomic E-state index is 13.4. The molecule has 1 aliphatic carbocycles. The van der Waals surface area contributed by atoms with Crippen LogP contribution in [0.2, 0.25) is 5.02 Å². The zero-order valence-electron chi connectivity index (χ0n) is 18.0. The summed E-state index contributed by atoms with van der Waals surface area (Å²) in [5.74, 6) is -0.485. The molecule has 0 spiro atoms. The Balaban J connectivity index is 1.37. The number of rotatable bonds is 7. The Kier molecular flexibility index (Phi) is 5.53. The molecule has 0 aliphatic heterocycles. The van der Waals surface area contributed by atoms with Gasteiger partial charge in [-0.2, -0.15) is 10.2 Å². The van der Waals surface area contributed by atoms with Crippen molar-refractivity contribution in [1.29, 1.82) is 0 Å². The van der Waals surface area contributed by atoms with Gasteiger partial charge in [-0.3, -0.25) is 18.9 Å². The van der Waals surface area contributed by atoms with E-state index in [1.165, 1.54) is 29.2 Å². The Morgan fingerprint density at radius 3 is 2.71 bits per heavy atom. The Hall–Kier alpha value is -3.44. The van der Waals surface area contributed by atoms with Crippen molar-refractivity contribution in [2.45, 2.75) is 24.3 Å². The van der Waals surface area contributed by atoms with Crippen LogP contribution in [0, 0.1) is 11.7 Å². The van der Waals surface area contributed by atoms with Crippen LogP contribution in [-0.2, 0) is 23.6 Å². The Bertz CT molecular complexity index is 1530. The number of nitrogens with one attached hydrogen (secondary N) is 2. The molecule has 34 heavy (non-hydrogen) atoms. The largest absolute Gasteiger partial charge is 0.321 e. The first kappa shape index (κ1) is 22.4. The average molecular weight is 503 g/mol. The fourth-order valence-electron chi connectivity index (χ4n) is 3.66. The summed E-state index contributed by atoms with van der Waals surface area (Å²) in [6.45, 7) is 0.713. The van der Waals surface area contributed by atoms with Crippen LogP contribution in [0.15, 0.2) is 53.7 Å². The van der Waals surface area contributed by atoms with Gasteiger partial charge >= 0.3 is 0 Å². The van der Waals surface area contributed by atoms with Crippen LogP contribution in [-0.4, -0.2) is 33.9 Å². The smallest absolute Gasteiger partial charge is 0.274 e. The Labute approximate surface area is 199 Å². The van der Waals surface area contributed by atoms with Gasteiger partial charge in [0.15, 0.2) is 0 Å². The van der Waals surface area contributed by atoms with E-state index in [2.05, 4.69) is 20.2 Å². The van der Waals surface area contributed by atoms with Crippen molar-refractivity contribution in [2.75, 3.05) is 10.0 Å². The van der Waals surface area contributed by atoms with Gasteiger partial charge in [-0.1, -0.05) is 11.6 Å². The molecule has 0 radical (unpaired) electrons. The minimum absolute atomic E-state index is 0.0762. The average Bonchev–Trinajstić information content (AvgIpc) is 3.33. The van der Waals surface area contributed by atoms with Crippen LogP contribution >= 0.6 is 11.6 Å². The molecule has 0 bridgehead atoms. The van der Waals surface area contributed by atoms with Gasteiger partial charge in [0.25, 0.3) is 15.9 Å². The van der Waals surface area contributed by atoms with Gasteiger partial charge in [0.05, 0.1) is 22.4 Å². The lowest BCUT2D eigenvalue weighted by atomic mass is 10.2. The number of hydrogen-bond acceptors (Lipinski definition) is 5. The number of aryl methyl sites for hydroxylation is 1. The van der Waals surface area contributed by atoms with E-state index in [1.54, 1.807) is 29.9 Å². The summed E-state index contributed by atoms with van der Waals surface area (Å²) in [6.07, 6.45) is 5.13. The van der Waals surface area contributed by atoms with E-state index in [1.807, 2.05) is 0 Å². The molecule has 2 aromatic heterocycles. The molecule has 1 aliphatic rings. The molecule has 5 rings (SSSR count). The number of amides is 1. The van der Waals surface area contributed by atoms with Crippen LogP contribution in [0.5, 0.6) is 0 Å². The highest BCUT2D eigenvalue weighted by atomic mass is 35.5. The number of fused-ring (bicyclic) bond motifs is 1. The van der Waals surface area contributed by atoms with Crippen molar-refractivity contribution >= 4 is 49.8 Å². The van der Waals surface area contributed by atoms with E-state index in [-0.39, 0.29) is 15.6 Å². The molecule has 9 nitrogen and oxygen atoms in total. The molecule has 1 amide bonds. The lowest BCUT2D eigenvalue weighted by Crippen LogP contribution is -2.16. The number of carbonyl (C=O) groups is 1. The normalized spacial score (nSPS) is 13.9. The lowest BCUT2D eigenvalue weighted by molar-refractivity contribution is 0.101. The lowest BCUT2D eigenvalue weighted by Gasteiger charge is -2.07. The first-order chi connectivity index (χ1) is 16.2. The predicted molar refractivity (Wildman–Crippen MR) is 126 cm³/mol. The molecule has 0 atom stereocenters. The molecule has 1 fully saturated rings. The highest BCUT2D eigenvalue weighted by molar-refractivity contribution is 7.92. The van der Waals surface area contributed by atoms with Gasteiger partial charge < -0.3 is 5.32 Å². The van der Waals surface area contributed by atoms with Crippen LogP contribution in [0.1, 0.15) is 23.3 Å². The fraction of sp³-hybridized carbons (Fsp3) is 0.227. The molecule has 0 saturated heterocycles. The predicted octanol–water partition coefficient (Wildman–Crippen LogP) is 4.03. The van der Waals surface area contributed by atoms with E-state index in [0.717, 1.165) is 18.9 Å². The van der Waals surface area contributed by atoms with Crippen molar-refractivity contribution in [3.8, 4) is 0 Å². The fourth-order valence-corrected chi connectivity index (χ4v) is 4.84. The second-order valence-corrected chi connectivity index (χ2v) is 10.3. The number of nitrogens with zero attached hydrogens (tertiary/aromatic N) is 4. The van der Waals surface area contributed by atoms with Gasteiger partial charge in [-0.15, -0.1) is 0 Å². The highest BCUT2D eigenvalue weighted by Gasteiger charge is 2.24. The summed E-state index contributed by atoms with van der Waals surface area (Å²) in [6, 6.07) is 8.59. The number of benzene rings is 2. The van der Waals surface area contributed by atoms with Gasteiger partial charge in [-0.25, -0.2) is 12.8 Å². The third kappa shape index (κ3) is 4.48. The first-order valence-corrected chi connectivity index (χ1v) is 12.3. The maximum absolute atomic E-state index is 13.4. The monoisotopic (exact) mass is 502 g/mol. The second-order valence-electron chi connectivity index (χ2n) is 8.23. The standard InChI is InChI=1S/C22H20ClFN6O3S/c1-29-21(22(31)26-14-5-7-19(24)18(23)8-14)17-6-4-15(9-20(17)27-29)28-34(32,33)16-10-25-30(12-16)11-13-2-3-13/h4-10,12-13,28H,2-3,11H2,1H3,(H,26,31). The first-order valence-electron chi connectivity index (χ1n) is 10.5. The van der Waals surface area contributed by atoms with Gasteiger partial charge in [0.2, 0.25) is 0 Å². The summed E-state index contributed by atoms with van der Waals surface area (Å²) in [5.41, 5.74) is 1.32. The number of sulfonamides is 1.